The van der Waals surface area contributed by atoms with E-state index in [1.165, 1.54) is 17.7 Å². The van der Waals surface area contributed by atoms with Crippen molar-refractivity contribution in [2.75, 3.05) is 0 Å². The van der Waals surface area contributed by atoms with Gasteiger partial charge in [0.25, 0.3) is 0 Å². The van der Waals surface area contributed by atoms with Gasteiger partial charge in [0.15, 0.2) is 0 Å². The highest BCUT2D eigenvalue weighted by Gasteiger charge is 1.98. The second-order valence-corrected chi connectivity index (χ2v) is 5.03. The Labute approximate surface area is 126 Å². The maximum atomic E-state index is 12.9. The number of unbranched alkanes of at least 4 members (excludes halogenated alkanes) is 1. The molecule has 0 aliphatic carbocycles. The van der Waals surface area contributed by atoms with Crippen LogP contribution in [0.4, 0.5) is 4.39 Å². The highest BCUT2D eigenvalue weighted by molar-refractivity contribution is 5.63. The molecule has 108 valence electrons. The fourth-order valence-corrected chi connectivity index (χ4v) is 2.17. The fraction of sp³-hybridized carbons (Fsp3) is 0.200. The second-order valence-electron chi connectivity index (χ2n) is 5.03. The van der Waals surface area contributed by atoms with Crippen molar-refractivity contribution in [3.63, 3.8) is 0 Å². The zero-order valence-electron chi connectivity index (χ0n) is 12.4. The van der Waals surface area contributed by atoms with Crippen LogP contribution in [0.15, 0.2) is 72.8 Å². The molecule has 0 N–H and O–H groups in total. The van der Waals surface area contributed by atoms with Crippen LogP contribution in [0.3, 0.4) is 0 Å². The maximum absolute atomic E-state index is 12.9. The van der Waals surface area contributed by atoms with Crippen LogP contribution >= 0.6 is 0 Å². The summed E-state index contributed by atoms with van der Waals surface area (Å²) < 4.78 is 12.9. The van der Waals surface area contributed by atoms with Gasteiger partial charge in [-0.2, -0.15) is 0 Å². The minimum Gasteiger partial charge on any atom is -0.207 e. The minimum absolute atomic E-state index is 0.196. The highest BCUT2D eigenvalue weighted by atomic mass is 19.1. The van der Waals surface area contributed by atoms with E-state index in [2.05, 4.69) is 48.6 Å². The first-order valence-electron chi connectivity index (χ1n) is 7.40. The first-order valence-corrected chi connectivity index (χ1v) is 7.40. The molecule has 0 heterocycles. The molecule has 0 amide bonds. The monoisotopic (exact) mass is 280 g/mol. The SMILES string of the molecule is C/C=C\CC/C=C\Cc1ccc(-c2ccc(F)cc2)cc1. The van der Waals surface area contributed by atoms with Gasteiger partial charge in [-0.3, -0.25) is 0 Å². The Bertz CT molecular complexity index is 589. The number of allylic oxidation sites excluding steroid dienone is 4. The molecule has 0 aromatic heterocycles. The van der Waals surface area contributed by atoms with Crippen molar-refractivity contribution in [3.05, 3.63) is 84.2 Å². The van der Waals surface area contributed by atoms with Gasteiger partial charge < -0.3 is 0 Å². The summed E-state index contributed by atoms with van der Waals surface area (Å²) in [5.74, 6) is -0.196. The summed E-state index contributed by atoms with van der Waals surface area (Å²) in [5.41, 5.74) is 3.46. The summed E-state index contributed by atoms with van der Waals surface area (Å²) >= 11 is 0. The molecule has 0 aliphatic rings. The topological polar surface area (TPSA) is 0 Å². The van der Waals surface area contributed by atoms with Crippen molar-refractivity contribution in [2.24, 2.45) is 0 Å². The van der Waals surface area contributed by atoms with Gasteiger partial charge in [-0.1, -0.05) is 60.7 Å². The predicted molar refractivity (Wildman–Crippen MR) is 88.7 cm³/mol. The summed E-state index contributed by atoms with van der Waals surface area (Å²) in [5, 5.41) is 0. The van der Waals surface area contributed by atoms with Crippen molar-refractivity contribution < 1.29 is 4.39 Å². The Morgan fingerprint density at radius 1 is 0.762 bits per heavy atom. The van der Waals surface area contributed by atoms with E-state index in [1.54, 1.807) is 0 Å². The van der Waals surface area contributed by atoms with E-state index in [4.69, 9.17) is 0 Å². The van der Waals surface area contributed by atoms with Gasteiger partial charge in [-0.15, -0.1) is 0 Å². The lowest BCUT2D eigenvalue weighted by Crippen LogP contribution is -1.83. The van der Waals surface area contributed by atoms with Crippen LogP contribution in [0.25, 0.3) is 11.1 Å². The molecule has 0 fully saturated rings. The molecule has 2 rings (SSSR count). The Balaban J connectivity index is 1.91. The Morgan fingerprint density at radius 3 is 1.95 bits per heavy atom. The van der Waals surface area contributed by atoms with Crippen LogP contribution in [0, 0.1) is 5.82 Å². The van der Waals surface area contributed by atoms with E-state index < -0.39 is 0 Å². The smallest absolute Gasteiger partial charge is 0.123 e. The van der Waals surface area contributed by atoms with Crippen LogP contribution in [0.2, 0.25) is 0 Å². The number of benzene rings is 2. The number of hydrogen-bond donors (Lipinski definition) is 0. The van der Waals surface area contributed by atoms with Gasteiger partial charge >= 0.3 is 0 Å². The molecule has 0 saturated heterocycles. The van der Waals surface area contributed by atoms with Gasteiger partial charge in [-0.25, -0.2) is 4.39 Å². The quantitative estimate of drug-likeness (QED) is 0.453. The van der Waals surface area contributed by atoms with Gasteiger partial charge in [0.05, 0.1) is 0 Å². The molecule has 21 heavy (non-hydrogen) atoms. The third-order valence-electron chi connectivity index (χ3n) is 3.39. The molecule has 0 radical (unpaired) electrons. The van der Waals surface area contributed by atoms with E-state index in [0.717, 1.165) is 30.4 Å². The predicted octanol–water partition coefficient (Wildman–Crippen LogP) is 5.95. The molecule has 1 heteroatoms. The van der Waals surface area contributed by atoms with E-state index in [0.29, 0.717) is 0 Å². The zero-order chi connectivity index (χ0) is 14.9. The van der Waals surface area contributed by atoms with Gasteiger partial charge in [0, 0.05) is 0 Å². The Kier molecular flexibility index (Phi) is 5.96. The average molecular weight is 280 g/mol. The van der Waals surface area contributed by atoms with Gasteiger partial charge in [-0.05, 0) is 55.0 Å². The minimum atomic E-state index is -0.196. The zero-order valence-corrected chi connectivity index (χ0v) is 12.4. The van der Waals surface area contributed by atoms with E-state index >= 15 is 0 Å². The number of halogens is 1. The van der Waals surface area contributed by atoms with Gasteiger partial charge in [0.2, 0.25) is 0 Å². The van der Waals surface area contributed by atoms with Crippen molar-refractivity contribution in [3.8, 4) is 11.1 Å². The van der Waals surface area contributed by atoms with Crippen molar-refractivity contribution in [2.45, 2.75) is 26.2 Å². The first kappa shape index (κ1) is 15.2. The molecule has 0 spiro atoms. The molecular formula is C20H21F. The lowest BCUT2D eigenvalue weighted by Gasteiger charge is -2.03. The summed E-state index contributed by atoms with van der Waals surface area (Å²) in [4.78, 5) is 0. The maximum Gasteiger partial charge on any atom is 0.123 e. The number of rotatable bonds is 6. The van der Waals surface area contributed by atoms with Gasteiger partial charge in [0.1, 0.15) is 5.82 Å². The first-order chi connectivity index (χ1) is 10.3. The molecular weight excluding hydrogens is 259 g/mol. The third kappa shape index (κ3) is 5.03. The summed E-state index contributed by atoms with van der Waals surface area (Å²) in [6.45, 7) is 2.05. The number of hydrogen-bond acceptors (Lipinski definition) is 0. The van der Waals surface area contributed by atoms with Crippen molar-refractivity contribution in [1.29, 1.82) is 0 Å². The van der Waals surface area contributed by atoms with Crippen LogP contribution in [0.5, 0.6) is 0 Å². The van der Waals surface area contributed by atoms with E-state index in [1.807, 2.05) is 19.1 Å². The molecule has 0 nitrogen and oxygen atoms in total. The van der Waals surface area contributed by atoms with Crippen LogP contribution in [-0.2, 0) is 6.42 Å². The largest absolute Gasteiger partial charge is 0.207 e. The normalized spacial score (nSPS) is 11.5. The molecule has 0 bridgehead atoms. The molecule has 0 saturated carbocycles. The Hall–Kier alpha value is -2.15. The molecule has 0 aliphatic heterocycles. The molecule has 0 unspecified atom stereocenters. The summed E-state index contributed by atoms with van der Waals surface area (Å²) in [6, 6.07) is 15.1. The van der Waals surface area contributed by atoms with E-state index in [9.17, 15) is 4.39 Å². The summed E-state index contributed by atoms with van der Waals surface area (Å²) in [6.07, 6.45) is 11.9. The molecule has 0 atom stereocenters. The van der Waals surface area contributed by atoms with E-state index in [-0.39, 0.29) is 5.82 Å². The lowest BCUT2D eigenvalue weighted by molar-refractivity contribution is 0.628. The summed E-state index contributed by atoms with van der Waals surface area (Å²) in [7, 11) is 0. The van der Waals surface area contributed by atoms with Crippen LogP contribution < -0.4 is 0 Å². The molecule has 2 aromatic carbocycles. The average Bonchev–Trinajstić information content (AvgIpc) is 2.52. The third-order valence-corrected chi connectivity index (χ3v) is 3.39. The van der Waals surface area contributed by atoms with Crippen LogP contribution in [0.1, 0.15) is 25.3 Å². The molecule has 2 aromatic rings. The van der Waals surface area contributed by atoms with Crippen molar-refractivity contribution in [1.82, 2.24) is 0 Å². The lowest BCUT2D eigenvalue weighted by atomic mass is 10.0. The Morgan fingerprint density at radius 2 is 1.33 bits per heavy atom. The second kappa shape index (κ2) is 8.21. The van der Waals surface area contributed by atoms with Crippen molar-refractivity contribution >= 4 is 0 Å². The standard InChI is InChI=1S/C20H21F/c1-2-3-4-5-6-7-8-17-9-11-18(12-10-17)19-13-15-20(21)16-14-19/h2-3,6-7,9-16H,4-5,8H2,1H3/b3-2-,7-6-. The fourth-order valence-electron chi connectivity index (χ4n) is 2.17. The van der Waals surface area contributed by atoms with Crippen LogP contribution in [-0.4, -0.2) is 0 Å². The highest BCUT2D eigenvalue weighted by Crippen LogP contribution is 2.20.